The highest BCUT2D eigenvalue weighted by molar-refractivity contribution is 7.71. The molecule has 0 bridgehead atoms. The maximum absolute atomic E-state index is 9.56. The molecule has 6 N–H and O–H groups in total. The number of nitrogen functional groups attached to an aromatic ring is 1. The number of nitrogens with zero attached hydrogens (tertiary/aromatic N) is 1. The molecule has 2 aromatic rings. The number of anilines is 1. The van der Waals surface area contributed by atoms with Gasteiger partial charge < -0.3 is 26.3 Å². The first-order valence-electron chi connectivity index (χ1n) is 5.47. The number of nitrogens with two attached hydrogens (primary N) is 1. The Balaban J connectivity index is 2.95. The van der Waals surface area contributed by atoms with Crippen LogP contribution in [-0.4, -0.2) is 21.4 Å². The van der Waals surface area contributed by atoms with Crippen LogP contribution < -0.4 is 5.73 Å². The number of aromatic amines is 1. The largest absolute Gasteiger partial charge is 0.508 e. The molecule has 0 aliphatic rings. The number of hydrogen-bond donors (Lipinski definition) is 5. The lowest BCUT2D eigenvalue weighted by Crippen LogP contribution is -2.02. The van der Waals surface area contributed by atoms with Gasteiger partial charge in [-0.05, 0) is 17.7 Å². The molecule has 0 radical (unpaired) electrons. The average molecular weight is 286 g/mol. The van der Waals surface area contributed by atoms with Gasteiger partial charge in [0.05, 0.1) is 0 Å². The second kappa shape index (κ2) is 5.03. The van der Waals surface area contributed by atoms with Crippen molar-refractivity contribution in [2.24, 2.45) is 0 Å². The first-order valence-corrected chi connectivity index (χ1v) is 5.88. The summed E-state index contributed by atoms with van der Waals surface area (Å²) < 4.78 is 0.203. The first kappa shape index (κ1) is 13.6. The fourth-order valence-electron chi connectivity index (χ4n) is 1.93. The summed E-state index contributed by atoms with van der Waals surface area (Å²) in [7, 11) is 0. The summed E-state index contributed by atoms with van der Waals surface area (Å²) in [5.74, 6) is -0.268. The third kappa shape index (κ3) is 2.20. The smallest absolute Gasteiger partial charge is 0.120 e. The van der Waals surface area contributed by atoms with Gasteiger partial charge in [-0.25, -0.2) is 0 Å². The van der Waals surface area contributed by atoms with Crippen molar-refractivity contribution >= 4 is 24.3 Å². The van der Waals surface area contributed by atoms with E-state index in [1.807, 2.05) is 6.07 Å². The number of pyridine rings is 1. The van der Waals surface area contributed by atoms with Crippen LogP contribution in [0.25, 0.3) is 11.1 Å². The summed E-state index contributed by atoms with van der Waals surface area (Å²) in [5.41, 5.74) is 6.76. The Bertz CT molecular complexity index is 785. The van der Waals surface area contributed by atoms with Crippen LogP contribution in [0.3, 0.4) is 0 Å². The van der Waals surface area contributed by atoms with E-state index in [2.05, 4.69) is 4.98 Å². The summed E-state index contributed by atoms with van der Waals surface area (Å²) in [5, 5.41) is 35.8. The number of H-pyrrole nitrogens is 1. The van der Waals surface area contributed by atoms with Crippen molar-refractivity contribution in [1.82, 2.24) is 4.98 Å². The molecule has 0 fully saturated rings. The van der Waals surface area contributed by atoms with Gasteiger partial charge in [-0.1, -0.05) is 12.2 Å². The molecule has 2 rings (SSSR count). The summed E-state index contributed by atoms with van der Waals surface area (Å²) in [6, 6.07) is 5.81. The lowest BCUT2D eigenvalue weighted by atomic mass is 9.96. The summed E-state index contributed by atoms with van der Waals surface area (Å²) >= 11 is 5.08. The van der Waals surface area contributed by atoms with E-state index in [9.17, 15) is 15.5 Å². The average Bonchev–Trinajstić information content (AvgIpc) is 2.36. The zero-order valence-electron chi connectivity index (χ0n) is 10.1. The van der Waals surface area contributed by atoms with Crippen molar-refractivity contribution in [2.45, 2.75) is 0 Å². The zero-order valence-corrected chi connectivity index (χ0v) is 11.0. The Labute approximate surface area is 119 Å². The van der Waals surface area contributed by atoms with E-state index >= 15 is 0 Å². The molecule has 1 aromatic carbocycles. The Hall–Kier alpha value is -2.85. The van der Waals surface area contributed by atoms with Gasteiger partial charge in [0, 0.05) is 23.4 Å². The van der Waals surface area contributed by atoms with Crippen LogP contribution in [0.5, 0.6) is 11.5 Å². The first-order chi connectivity index (χ1) is 9.47. The van der Waals surface area contributed by atoms with Crippen molar-refractivity contribution in [3.8, 4) is 28.7 Å². The van der Waals surface area contributed by atoms with Crippen molar-refractivity contribution in [2.75, 3.05) is 5.73 Å². The molecule has 0 unspecified atom stereocenters. The van der Waals surface area contributed by atoms with Crippen LogP contribution in [0.2, 0.25) is 0 Å². The molecule has 0 saturated carbocycles. The van der Waals surface area contributed by atoms with Crippen molar-refractivity contribution < 1.29 is 10.2 Å². The molecule has 1 aromatic heterocycles. The Morgan fingerprint density at radius 2 is 1.90 bits per heavy atom. The van der Waals surface area contributed by atoms with Gasteiger partial charge >= 0.3 is 0 Å². The fraction of sp³-hybridized carbons (Fsp3) is 0. The number of aromatic nitrogens is 1. The predicted molar refractivity (Wildman–Crippen MR) is 77.4 cm³/mol. The fourth-order valence-corrected chi connectivity index (χ4v) is 2.20. The maximum Gasteiger partial charge on any atom is 0.120 e. The normalized spacial score (nSPS) is 9.95. The van der Waals surface area contributed by atoms with E-state index in [4.69, 9.17) is 23.4 Å². The molecule has 0 amide bonds. The minimum Gasteiger partial charge on any atom is -0.508 e. The SMILES string of the molecule is N#Cc1c(N)[nH]c(=S)c(C=N)c1-c1cc(O)cc(O)c1. The van der Waals surface area contributed by atoms with Crippen molar-refractivity contribution in [3.05, 3.63) is 34.0 Å². The van der Waals surface area contributed by atoms with Gasteiger partial charge in [0.2, 0.25) is 0 Å². The van der Waals surface area contributed by atoms with Gasteiger partial charge in [-0.15, -0.1) is 0 Å². The molecule has 100 valence electrons. The van der Waals surface area contributed by atoms with Gasteiger partial charge in [0.25, 0.3) is 0 Å². The molecule has 0 atom stereocenters. The minimum absolute atomic E-state index is 0.0703. The van der Waals surface area contributed by atoms with Crippen LogP contribution in [-0.2, 0) is 0 Å². The molecule has 0 aliphatic heterocycles. The van der Waals surface area contributed by atoms with Gasteiger partial charge in [-0.2, -0.15) is 5.26 Å². The Morgan fingerprint density at radius 3 is 2.40 bits per heavy atom. The van der Waals surface area contributed by atoms with E-state index in [0.29, 0.717) is 11.1 Å². The van der Waals surface area contributed by atoms with Crippen LogP contribution >= 0.6 is 12.2 Å². The summed E-state index contributed by atoms with van der Waals surface area (Å²) in [4.78, 5) is 2.64. The Kier molecular flexibility index (Phi) is 3.41. The number of benzene rings is 1. The van der Waals surface area contributed by atoms with Gasteiger partial charge in [0.15, 0.2) is 0 Å². The number of nitriles is 1. The number of hydrogen-bond acceptors (Lipinski definition) is 6. The second-order valence-electron chi connectivity index (χ2n) is 4.03. The van der Waals surface area contributed by atoms with Crippen LogP contribution in [0.4, 0.5) is 5.82 Å². The van der Waals surface area contributed by atoms with Crippen LogP contribution in [0.1, 0.15) is 11.1 Å². The molecule has 0 aliphatic carbocycles. The highest BCUT2D eigenvalue weighted by atomic mass is 32.1. The second-order valence-corrected chi connectivity index (χ2v) is 4.43. The molecular formula is C13H10N4O2S. The van der Waals surface area contributed by atoms with E-state index < -0.39 is 0 Å². The predicted octanol–water partition coefficient (Wildman–Crippen LogP) is 2.27. The summed E-state index contributed by atoms with van der Waals surface area (Å²) in [6.07, 6.45) is 0.996. The number of phenolic OH excluding ortho intramolecular Hbond substituents is 2. The standard InChI is InChI=1S/C13H10N4O2S/c14-4-9-11(6-1-7(18)3-8(19)2-6)10(5-15)13(20)17-12(9)16/h1-3,5,15,18-19H,(H3,16,17,20). The van der Waals surface area contributed by atoms with Crippen molar-refractivity contribution in [1.29, 1.82) is 10.7 Å². The molecule has 20 heavy (non-hydrogen) atoms. The minimum atomic E-state index is -0.169. The van der Waals surface area contributed by atoms with Gasteiger partial charge in [0.1, 0.15) is 33.6 Å². The molecule has 1 heterocycles. The topological polar surface area (TPSA) is 130 Å². The van der Waals surface area contributed by atoms with Crippen LogP contribution in [0.15, 0.2) is 18.2 Å². The van der Waals surface area contributed by atoms with E-state index in [1.54, 1.807) is 0 Å². The quantitative estimate of drug-likeness (QED) is 0.427. The third-order valence-corrected chi connectivity index (χ3v) is 3.05. The van der Waals surface area contributed by atoms with Crippen molar-refractivity contribution in [3.63, 3.8) is 0 Å². The highest BCUT2D eigenvalue weighted by Crippen LogP contribution is 2.34. The monoisotopic (exact) mass is 286 g/mol. The molecule has 7 heteroatoms. The number of aromatic hydroxyl groups is 2. The molecular weight excluding hydrogens is 276 g/mol. The van der Waals surface area contributed by atoms with Crippen LogP contribution in [0, 0.1) is 21.4 Å². The molecule has 6 nitrogen and oxygen atoms in total. The van der Waals surface area contributed by atoms with E-state index in [1.165, 1.54) is 12.1 Å². The molecule has 0 saturated heterocycles. The number of nitrogens with one attached hydrogen (secondary N) is 2. The number of rotatable bonds is 2. The maximum atomic E-state index is 9.56. The highest BCUT2D eigenvalue weighted by Gasteiger charge is 2.16. The molecule has 0 spiro atoms. The zero-order chi connectivity index (χ0) is 14.9. The lowest BCUT2D eigenvalue weighted by Gasteiger charge is -2.11. The lowest BCUT2D eigenvalue weighted by molar-refractivity contribution is 0.451. The third-order valence-electron chi connectivity index (χ3n) is 2.73. The van der Waals surface area contributed by atoms with E-state index in [-0.39, 0.29) is 33.1 Å². The van der Waals surface area contributed by atoms with E-state index in [0.717, 1.165) is 12.3 Å². The number of phenols is 2. The summed E-state index contributed by atoms with van der Waals surface area (Å²) in [6.45, 7) is 0. The Morgan fingerprint density at radius 1 is 1.30 bits per heavy atom. The van der Waals surface area contributed by atoms with Gasteiger partial charge in [-0.3, -0.25) is 0 Å².